The van der Waals surface area contributed by atoms with Crippen LogP contribution in [-0.2, 0) is 7.05 Å². The number of aromatic nitrogens is 1. The van der Waals surface area contributed by atoms with E-state index in [9.17, 15) is 9.59 Å². The molecule has 18 heavy (non-hydrogen) atoms. The van der Waals surface area contributed by atoms with Gasteiger partial charge in [-0.3, -0.25) is 9.59 Å². The molecule has 0 bridgehead atoms. The first kappa shape index (κ1) is 12.8. The van der Waals surface area contributed by atoms with Gasteiger partial charge in [-0.15, -0.1) is 0 Å². The van der Waals surface area contributed by atoms with Crippen molar-refractivity contribution in [1.29, 1.82) is 0 Å². The molecule has 0 saturated carbocycles. The minimum absolute atomic E-state index is 0.164. The van der Waals surface area contributed by atoms with Crippen LogP contribution < -0.4 is 10.9 Å². The summed E-state index contributed by atoms with van der Waals surface area (Å²) in [5.74, 6) is 0.354. The van der Waals surface area contributed by atoms with E-state index in [4.69, 9.17) is 0 Å². The van der Waals surface area contributed by atoms with Crippen LogP contribution in [0.1, 0.15) is 16.8 Å². The predicted molar refractivity (Wildman–Crippen MR) is 69.6 cm³/mol. The number of aryl methyl sites for hydroxylation is 1. The van der Waals surface area contributed by atoms with Gasteiger partial charge < -0.3 is 14.8 Å². The van der Waals surface area contributed by atoms with E-state index in [0.29, 0.717) is 18.0 Å². The molecule has 1 aromatic rings. The highest BCUT2D eigenvalue weighted by molar-refractivity contribution is 5.93. The minimum atomic E-state index is -0.165. The van der Waals surface area contributed by atoms with Gasteiger partial charge in [0.05, 0.1) is 0 Å². The lowest BCUT2D eigenvalue weighted by atomic mass is 10.1. The van der Waals surface area contributed by atoms with Crippen molar-refractivity contribution in [3.8, 4) is 0 Å². The molecule has 0 spiro atoms. The van der Waals surface area contributed by atoms with Gasteiger partial charge in [0.25, 0.3) is 11.5 Å². The van der Waals surface area contributed by atoms with Gasteiger partial charge in [0.15, 0.2) is 0 Å². The summed E-state index contributed by atoms with van der Waals surface area (Å²) in [7, 11) is 3.75. The summed E-state index contributed by atoms with van der Waals surface area (Å²) in [5.41, 5.74) is 0.271. The van der Waals surface area contributed by atoms with Crippen molar-refractivity contribution in [2.45, 2.75) is 6.42 Å². The predicted octanol–water partition coefficient (Wildman–Crippen LogP) is 0.0668. The van der Waals surface area contributed by atoms with E-state index in [-0.39, 0.29) is 11.5 Å². The largest absolute Gasteiger partial charge is 0.352 e. The lowest BCUT2D eigenvalue weighted by Gasteiger charge is -2.11. The van der Waals surface area contributed by atoms with Crippen LogP contribution in [-0.4, -0.2) is 42.1 Å². The molecule has 2 heterocycles. The molecule has 1 N–H and O–H groups in total. The zero-order valence-corrected chi connectivity index (χ0v) is 10.8. The molecule has 5 nitrogen and oxygen atoms in total. The molecule has 1 aliphatic rings. The Balaban J connectivity index is 1.91. The van der Waals surface area contributed by atoms with Crippen LogP contribution in [0.2, 0.25) is 0 Å². The first-order chi connectivity index (χ1) is 8.56. The maximum Gasteiger partial charge on any atom is 0.251 e. The van der Waals surface area contributed by atoms with Crippen molar-refractivity contribution in [2.75, 3.05) is 26.7 Å². The van der Waals surface area contributed by atoms with Crippen LogP contribution in [0.25, 0.3) is 0 Å². The molecular formula is C13H19N3O2. The molecule has 1 atom stereocenters. The first-order valence-electron chi connectivity index (χ1n) is 6.19. The van der Waals surface area contributed by atoms with Gasteiger partial charge in [-0.25, -0.2) is 0 Å². The summed E-state index contributed by atoms with van der Waals surface area (Å²) in [6.07, 6.45) is 2.73. The molecule has 1 amide bonds. The lowest BCUT2D eigenvalue weighted by Crippen LogP contribution is -2.31. The SMILES string of the molecule is CN1CCC(CNC(=O)c2ccn(C)c(=O)c2)C1. The van der Waals surface area contributed by atoms with Crippen LogP contribution >= 0.6 is 0 Å². The van der Waals surface area contributed by atoms with Crippen molar-refractivity contribution in [3.05, 3.63) is 34.2 Å². The summed E-state index contributed by atoms with van der Waals surface area (Å²) < 4.78 is 1.45. The highest BCUT2D eigenvalue weighted by Gasteiger charge is 2.20. The molecule has 0 aromatic carbocycles. The highest BCUT2D eigenvalue weighted by atomic mass is 16.2. The molecule has 1 unspecified atom stereocenters. The summed E-state index contributed by atoms with van der Waals surface area (Å²) in [4.78, 5) is 25.6. The fraction of sp³-hybridized carbons (Fsp3) is 0.538. The zero-order valence-electron chi connectivity index (χ0n) is 10.8. The molecule has 0 aliphatic carbocycles. The topological polar surface area (TPSA) is 54.3 Å². The van der Waals surface area contributed by atoms with Gasteiger partial charge in [-0.1, -0.05) is 0 Å². The summed E-state index contributed by atoms with van der Waals surface area (Å²) in [6.45, 7) is 2.79. The number of hydrogen-bond acceptors (Lipinski definition) is 3. The monoisotopic (exact) mass is 249 g/mol. The molecule has 1 aromatic heterocycles. The average Bonchev–Trinajstić information content (AvgIpc) is 2.75. The van der Waals surface area contributed by atoms with Crippen molar-refractivity contribution in [2.24, 2.45) is 13.0 Å². The van der Waals surface area contributed by atoms with Crippen molar-refractivity contribution < 1.29 is 4.79 Å². The third-order valence-electron chi connectivity index (χ3n) is 3.41. The fourth-order valence-electron chi connectivity index (χ4n) is 2.22. The summed E-state index contributed by atoms with van der Waals surface area (Å²) >= 11 is 0. The number of amides is 1. The van der Waals surface area contributed by atoms with E-state index in [1.807, 2.05) is 0 Å². The van der Waals surface area contributed by atoms with E-state index < -0.39 is 0 Å². The maximum atomic E-state index is 11.9. The number of pyridine rings is 1. The van der Waals surface area contributed by atoms with Crippen molar-refractivity contribution in [1.82, 2.24) is 14.8 Å². The maximum absolute atomic E-state index is 11.9. The van der Waals surface area contributed by atoms with E-state index in [1.54, 1.807) is 19.3 Å². The second kappa shape index (κ2) is 5.35. The third kappa shape index (κ3) is 2.98. The second-order valence-electron chi connectivity index (χ2n) is 4.99. The lowest BCUT2D eigenvalue weighted by molar-refractivity contribution is 0.0947. The fourth-order valence-corrected chi connectivity index (χ4v) is 2.22. The van der Waals surface area contributed by atoms with Crippen LogP contribution in [0.4, 0.5) is 0 Å². The quantitative estimate of drug-likeness (QED) is 0.824. The zero-order chi connectivity index (χ0) is 13.1. The van der Waals surface area contributed by atoms with Gasteiger partial charge in [0, 0.05) is 38.0 Å². The minimum Gasteiger partial charge on any atom is -0.352 e. The molecule has 1 fully saturated rings. The van der Waals surface area contributed by atoms with Gasteiger partial charge in [0.2, 0.25) is 0 Å². The molecular weight excluding hydrogens is 230 g/mol. The van der Waals surface area contributed by atoms with E-state index in [0.717, 1.165) is 19.5 Å². The number of nitrogens with zero attached hydrogens (tertiary/aromatic N) is 2. The summed E-state index contributed by atoms with van der Waals surface area (Å²) in [5, 5.41) is 2.89. The second-order valence-corrected chi connectivity index (χ2v) is 4.99. The Morgan fingerprint density at radius 2 is 2.28 bits per heavy atom. The van der Waals surface area contributed by atoms with E-state index in [1.165, 1.54) is 10.6 Å². The first-order valence-corrected chi connectivity index (χ1v) is 6.19. The number of nitrogens with one attached hydrogen (secondary N) is 1. The van der Waals surface area contributed by atoms with Crippen LogP contribution in [0, 0.1) is 5.92 Å². The van der Waals surface area contributed by atoms with Gasteiger partial charge in [0.1, 0.15) is 0 Å². The summed E-state index contributed by atoms with van der Waals surface area (Å²) in [6, 6.07) is 3.04. The van der Waals surface area contributed by atoms with E-state index in [2.05, 4.69) is 17.3 Å². The van der Waals surface area contributed by atoms with Crippen molar-refractivity contribution >= 4 is 5.91 Å². The smallest absolute Gasteiger partial charge is 0.251 e. The van der Waals surface area contributed by atoms with E-state index >= 15 is 0 Å². The Morgan fingerprint density at radius 1 is 1.50 bits per heavy atom. The molecule has 2 rings (SSSR count). The molecule has 0 radical (unpaired) electrons. The average molecular weight is 249 g/mol. The Morgan fingerprint density at radius 3 is 2.89 bits per heavy atom. The number of carbonyl (C=O) groups is 1. The Hall–Kier alpha value is -1.62. The number of hydrogen-bond donors (Lipinski definition) is 1. The van der Waals surface area contributed by atoms with Crippen LogP contribution in [0.15, 0.2) is 23.1 Å². The van der Waals surface area contributed by atoms with Crippen molar-refractivity contribution in [3.63, 3.8) is 0 Å². The number of likely N-dealkylation sites (tertiary alicyclic amines) is 1. The normalized spacial score (nSPS) is 20.0. The van der Waals surface area contributed by atoms with Gasteiger partial charge in [-0.2, -0.15) is 0 Å². The number of carbonyl (C=O) groups excluding carboxylic acids is 1. The molecule has 1 saturated heterocycles. The Labute approximate surface area is 106 Å². The molecule has 1 aliphatic heterocycles. The Kier molecular flexibility index (Phi) is 3.81. The highest BCUT2D eigenvalue weighted by Crippen LogP contribution is 2.12. The molecule has 98 valence electrons. The standard InChI is InChI=1S/C13H19N3O2/c1-15-5-3-10(9-15)8-14-13(18)11-4-6-16(2)12(17)7-11/h4,6-7,10H,3,5,8-9H2,1-2H3,(H,14,18). The number of rotatable bonds is 3. The van der Waals surface area contributed by atoms with Gasteiger partial charge >= 0.3 is 0 Å². The third-order valence-corrected chi connectivity index (χ3v) is 3.41. The van der Waals surface area contributed by atoms with Crippen LogP contribution in [0.5, 0.6) is 0 Å². The Bertz CT molecular complexity index is 495. The molecule has 5 heteroatoms. The van der Waals surface area contributed by atoms with Gasteiger partial charge in [-0.05, 0) is 32.0 Å². The van der Waals surface area contributed by atoms with Crippen LogP contribution in [0.3, 0.4) is 0 Å².